The predicted octanol–water partition coefficient (Wildman–Crippen LogP) is 2.70. The van der Waals surface area contributed by atoms with E-state index in [-0.39, 0.29) is 4.90 Å². The molecule has 27 heavy (non-hydrogen) atoms. The predicted molar refractivity (Wildman–Crippen MR) is 108 cm³/mol. The quantitative estimate of drug-likeness (QED) is 0.541. The number of thiazole rings is 1. The van der Waals surface area contributed by atoms with Gasteiger partial charge in [-0.2, -0.15) is 0 Å². The third kappa shape index (κ3) is 3.42. The first kappa shape index (κ1) is 17.6. The Hall–Kier alpha value is -2.82. The number of primary sulfonamides is 1. The molecule has 0 radical (unpaired) electrons. The summed E-state index contributed by atoms with van der Waals surface area (Å²) in [6.45, 7) is 0. The third-order valence-electron chi connectivity index (χ3n) is 3.90. The summed E-state index contributed by atoms with van der Waals surface area (Å²) in [4.78, 5) is 15.5. The normalized spacial score (nSPS) is 11.8. The number of anilines is 3. The first-order valence-corrected chi connectivity index (χ1v) is 10.3. The zero-order chi connectivity index (χ0) is 19.2. The number of sulfonamides is 1. The minimum absolute atomic E-state index is 0.0193. The SMILES string of the molecule is CN(C)c1nc2c(ccc3cnc(Nc4cccc(S(N)(=O)=O)c4)nc32)s1. The molecule has 3 N–H and O–H groups in total. The summed E-state index contributed by atoms with van der Waals surface area (Å²) in [6, 6.07) is 10.2. The molecule has 0 saturated carbocycles. The van der Waals surface area contributed by atoms with Gasteiger partial charge in [0.25, 0.3) is 0 Å². The maximum Gasteiger partial charge on any atom is 0.238 e. The van der Waals surface area contributed by atoms with Crippen molar-refractivity contribution in [3.63, 3.8) is 0 Å². The van der Waals surface area contributed by atoms with E-state index in [4.69, 9.17) is 5.14 Å². The number of nitrogens with two attached hydrogens (primary N) is 1. The largest absolute Gasteiger partial charge is 0.354 e. The lowest BCUT2D eigenvalue weighted by molar-refractivity contribution is 0.598. The Morgan fingerprint density at radius 1 is 1.11 bits per heavy atom. The first-order chi connectivity index (χ1) is 12.8. The van der Waals surface area contributed by atoms with Crippen molar-refractivity contribution in [2.45, 2.75) is 4.90 Å². The molecule has 0 bridgehead atoms. The third-order valence-corrected chi connectivity index (χ3v) is 6.00. The second kappa shape index (κ2) is 6.41. The molecule has 4 rings (SSSR count). The van der Waals surface area contributed by atoms with Crippen LogP contribution in [0.5, 0.6) is 0 Å². The van der Waals surface area contributed by atoms with Gasteiger partial charge in [0.1, 0.15) is 11.0 Å². The van der Waals surface area contributed by atoms with E-state index >= 15 is 0 Å². The van der Waals surface area contributed by atoms with Gasteiger partial charge >= 0.3 is 0 Å². The van der Waals surface area contributed by atoms with Crippen molar-refractivity contribution in [1.29, 1.82) is 0 Å². The van der Waals surface area contributed by atoms with Crippen LogP contribution in [0.4, 0.5) is 16.8 Å². The van der Waals surface area contributed by atoms with E-state index < -0.39 is 10.0 Å². The van der Waals surface area contributed by atoms with Crippen LogP contribution in [-0.4, -0.2) is 37.5 Å². The Labute approximate surface area is 159 Å². The highest BCUT2D eigenvalue weighted by molar-refractivity contribution is 7.89. The van der Waals surface area contributed by atoms with Crippen LogP contribution in [0, 0.1) is 0 Å². The summed E-state index contributed by atoms with van der Waals surface area (Å²) in [5, 5.41) is 9.98. The molecule has 8 nitrogen and oxygen atoms in total. The lowest BCUT2D eigenvalue weighted by atomic mass is 10.2. The topological polar surface area (TPSA) is 114 Å². The first-order valence-electron chi connectivity index (χ1n) is 7.95. The smallest absolute Gasteiger partial charge is 0.238 e. The molecule has 2 heterocycles. The molecule has 0 amide bonds. The van der Waals surface area contributed by atoms with Gasteiger partial charge in [-0.15, -0.1) is 0 Å². The maximum absolute atomic E-state index is 11.5. The van der Waals surface area contributed by atoms with Crippen LogP contribution in [0.3, 0.4) is 0 Å². The average Bonchev–Trinajstić information content (AvgIpc) is 3.06. The number of nitrogens with one attached hydrogen (secondary N) is 1. The number of hydrogen-bond acceptors (Lipinski definition) is 8. The van der Waals surface area contributed by atoms with Crippen molar-refractivity contribution in [1.82, 2.24) is 15.0 Å². The van der Waals surface area contributed by atoms with E-state index in [1.165, 1.54) is 12.1 Å². The van der Waals surface area contributed by atoms with E-state index in [9.17, 15) is 8.42 Å². The Morgan fingerprint density at radius 3 is 2.67 bits per heavy atom. The second-order valence-corrected chi connectivity index (χ2v) is 8.70. The van der Waals surface area contributed by atoms with Crippen LogP contribution in [-0.2, 0) is 10.0 Å². The summed E-state index contributed by atoms with van der Waals surface area (Å²) in [5.74, 6) is 0.348. The number of benzene rings is 2. The molecule has 0 saturated heterocycles. The molecule has 10 heteroatoms. The molecular formula is C17H16N6O2S2. The van der Waals surface area contributed by atoms with Gasteiger partial charge in [-0.3, -0.25) is 0 Å². The fourth-order valence-electron chi connectivity index (χ4n) is 2.60. The minimum Gasteiger partial charge on any atom is -0.354 e. The van der Waals surface area contributed by atoms with Gasteiger partial charge in [0.05, 0.1) is 9.60 Å². The molecular weight excluding hydrogens is 384 g/mol. The fraction of sp³-hybridized carbons (Fsp3) is 0.118. The number of rotatable bonds is 4. The molecule has 4 aromatic rings. The van der Waals surface area contributed by atoms with Gasteiger partial charge in [-0.1, -0.05) is 17.4 Å². The van der Waals surface area contributed by atoms with Crippen molar-refractivity contribution >= 4 is 59.2 Å². The summed E-state index contributed by atoms with van der Waals surface area (Å²) < 4.78 is 24.1. The summed E-state index contributed by atoms with van der Waals surface area (Å²) >= 11 is 1.59. The molecule has 0 spiro atoms. The average molecular weight is 400 g/mol. The minimum atomic E-state index is -3.78. The number of nitrogens with zero attached hydrogens (tertiary/aromatic N) is 4. The number of aromatic nitrogens is 3. The zero-order valence-electron chi connectivity index (χ0n) is 14.5. The summed E-state index contributed by atoms with van der Waals surface area (Å²) in [6.07, 6.45) is 1.71. The maximum atomic E-state index is 11.5. The lowest BCUT2D eigenvalue weighted by Crippen LogP contribution is -2.12. The van der Waals surface area contributed by atoms with Crippen LogP contribution in [0.1, 0.15) is 0 Å². The van der Waals surface area contributed by atoms with E-state index in [0.717, 1.165) is 26.3 Å². The van der Waals surface area contributed by atoms with Crippen molar-refractivity contribution in [2.24, 2.45) is 5.14 Å². The van der Waals surface area contributed by atoms with Gasteiger partial charge in [0.2, 0.25) is 16.0 Å². The van der Waals surface area contributed by atoms with Crippen LogP contribution >= 0.6 is 11.3 Å². The fourth-order valence-corrected chi connectivity index (χ4v) is 4.05. The molecule has 0 aliphatic carbocycles. The monoisotopic (exact) mass is 400 g/mol. The summed E-state index contributed by atoms with van der Waals surface area (Å²) in [7, 11) is 0.109. The Morgan fingerprint density at radius 2 is 1.93 bits per heavy atom. The highest BCUT2D eigenvalue weighted by Crippen LogP contribution is 2.32. The standard InChI is InChI=1S/C17H16N6O2S2/c1-23(2)17-22-15-13(26-17)7-6-10-9-19-16(21-14(10)15)20-11-4-3-5-12(8-11)27(18,24)25/h3-9H,1-2H3,(H2,18,24,25)(H,19,20,21). The van der Waals surface area contributed by atoms with Crippen LogP contribution in [0.15, 0.2) is 47.5 Å². The Bertz CT molecular complexity index is 1270. The van der Waals surface area contributed by atoms with Crippen LogP contribution in [0.25, 0.3) is 21.1 Å². The van der Waals surface area contributed by atoms with E-state index in [2.05, 4.69) is 20.3 Å². The highest BCUT2D eigenvalue weighted by atomic mass is 32.2. The molecule has 0 aliphatic rings. The molecule has 0 unspecified atom stereocenters. The van der Waals surface area contributed by atoms with E-state index in [1.807, 2.05) is 31.1 Å². The van der Waals surface area contributed by atoms with Crippen LogP contribution < -0.4 is 15.4 Å². The Kier molecular flexibility index (Phi) is 4.17. The molecule has 0 fully saturated rings. The van der Waals surface area contributed by atoms with Gasteiger partial charge in [-0.05, 0) is 30.3 Å². The number of hydrogen-bond donors (Lipinski definition) is 2. The van der Waals surface area contributed by atoms with Crippen molar-refractivity contribution < 1.29 is 8.42 Å². The molecule has 0 aliphatic heterocycles. The van der Waals surface area contributed by atoms with Crippen LogP contribution in [0.2, 0.25) is 0 Å². The van der Waals surface area contributed by atoms with Gasteiger partial charge < -0.3 is 10.2 Å². The Balaban J connectivity index is 1.78. The van der Waals surface area contributed by atoms with Crippen molar-refractivity contribution in [3.05, 3.63) is 42.6 Å². The second-order valence-electron chi connectivity index (χ2n) is 6.13. The van der Waals surface area contributed by atoms with E-state index in [0.29, 0.717) is 11.6 Å². The van der Waals surface area contributed by atoms with E-state index in [1.54, 1.807) is 29.7 Å². The molecule has 138 valence electrons. The lowest BCUT2D eigenvalue weighted by Gasteiger charge is -2.07. The number of fused-ring (bicyclic) bond motifs is 3. The van der Waals surface area contributed by atoms with Gasteiger partial charge in [0, 0.05) is 31.4 Å². The van der Waals surface area contributed by atoms with Gasteiger partial charge in [-0.25, -0.2) is 28.5 Å². The zero-order valence-corrected chi connectivity index (χ0v) is 16.2. The van der Waals surface area contributed by atoms with Crippen molar-refractivity contribution in [2.75, 3.05) is 24.3 Å². The molecule has 2 aromatic carbocycles. The summed E-state index contributed by atoms with van der Waals surface area (Å²) in [5.41, 5.74) is 2.07. The molecule has 2 aromatic heterocycles. The van der Waals surface area contributed by atoms with Crippen molar-refractivity contribution in [3.8, 4) is 0 Å². The van der Waals surface area contributed by atoms with Gasteiger partial charge in [0.15, 0.2) is 5.13 Å². The highest BCUT2D eigenvalue weighted by Gasteiger charge is 2.12. The molecule has 0 atom stereocenters.